The molecule has 0 aliphatic carbocycles. The molecule has 0 unspecified atom stereocenters. The molecule has 0 fully saturated rings. The van der Waals surface area contributed by atoms with Crippen LogP contribution in [-0.4, -0.2) is 31.7 Å². The minimum absolute atomic E-state index is 0.725. The molecule has 6 heteroatoms. The average molecular weight is 404 g/mol. The Hall–Kier alpha value is -1.03. The third-order valence-corrected chi connectivity index (χ3v) is 16.8. The van der Waals surface area contributed by atoms with Gasteiger partial charge in [-0.25, -0.2) is 0 Å². The van der Waals surface area contributed by atoms with Gasteiger partial charge in [0.15, 0.2) is 8.32 Å². The lowest BCUT2D eigenvalue weighted by atomic mass is 10.4. The van der Waals surface area contributed by atoms with Crippen molar-refractivity contribution in [3.8, 4) is 0 Å². The van der Waals surface area contributed by atoms with Crippen molar-refractivity contribution in [2.45, 2.75) is 45.2 Å². The maximum atomic E-state index is 6.97. The minimum atomic E-state index is -2.33. The van der Waals surface area contributed by atoms with Crippen molar-refractivity contribution in [2.75, 3.05) is 6.54 Å². The van der Waals surface area contributed by atoms with E-state index in [1.165, 1.54) is 10.4 Å². The molecule has 0 amide bonds. The Kier molecular flexibility index (Phi) is 7.18. The normalized spacial score (nSPS) is 13.0. The van der Waals surface area contributed by atoms with E-state index in [1.54, 1.807) is 0 Å². The van der Waals surface area contributed by atoms with Crippen LogP contribution < -0.4 is 16.1 Å². The fourth-order valence-electron chi connectivity index (χ4n) is 3.55. The summed E-state index contributed by atoms with van der Waals surface area (Å²) in [4.78, 5) is 0. The predicted molar refractivity (Wildman–Crippen MR) is 119 cm³/mol. The second-order valence-electron chi connectivity index (χ2n) is 8.02. The topological polar surface area (TPSA) is 44.5 Å². The van der Waals surface area contributed by atoms with Gasteiger partial charge in [-0.3, -0.25) is 0 Å². The maximum absolute atomic E-state index is 6.97. The molecule has 3 nitrogen and oxygen atoms in total. The lowest BCUT2D eigenvalue weighted by Gasteiger charge is -2.40. The molecule has 142 valence electrons. The van der Waals surface area contributed by atoms with Crippen molar-refractivity contribution in [3.05, 3.63) is 60.7 Å². The lowest BCUT2D eigenvalue weighted by molar-refractivity contribution is 0.396. The zero-order chi connectivity index (χ0) is 19.3. The summed E-state index contributed by atoms with van der Waals surface area (Å²) >= 11 is 0. The smallest absolute Gasteiger partial charge is 0.311 e. The Balaban J connectivity index is 2.32. The van der Waals surface area contributed by atoms with Gasteiger partial charge >= 0.3 is 8.56 Å². The Bertz CT molecular complexity index is 638. The highest BCUT2D eigenvalue weighted by Gasteiger charge is 2.43. The van der Waals surface area contributed by atoms with Gasteiger partial charge in [-0.15, -0.1) is 0 Å². The standard InChI is InChI=1S/C20H33NO2Si3/c1-24(2,18-12-17-21)22-25(3,4)23-26(5,19-13-8-6-9-14-19)20-15-10-7-11-16-20/h6-11,13-16H,12,17-18,21H2,1-5H3. The Labute approximate surface area is 162 Å². The summed E-state index contributed by atoms with van der Waals surface area (Å²) in [6.07, 6.45) is 1.02. The van der Waals surface area contributed by atoms with E-state index in [-0.39, 0.29) is 0 Å². The highest BCUT2D eigenvalue weighted by atomic mass is 28.5. The summed E-state index contributed by atoms with van der Waals surface area (Å²) in [6.45, 7) is 12.0. The number of rotatable bonds is 9. The molecule has 2 aromatic carbocycles. The minimum Gasteiger partial charge on any atom is -0.436 e. The van der Waals surface area contributed by atoms with Crippen LogP contribution >= 0.6 is 0 Å². The van der Waals surface area contributed by atoms with Crippen molar-refractivity contribution in [1.29, 1.82) is 0 Å². The summed E-state index contributed by atoms with van der Waals surface area (Å²) < 4.78 is 13.7. The molecule has 0 atom stereocenters. The zero-order valence-corrected chi connectivity index (χ0v) is 19.8. The van der Waals surface area contributed by atoms with Crippen LogP contribution in [0.25, 0.3) is 0 Å². The first-order chi connectivity index (χ1) is 12.2. The third-order valence-electron chi connectivity index (χ3n) is 4.60. The van der Waals surface area contributed by atoms with Crippen LogP contribution in [0.3, 0.4) is 0 Å². The van der Waals surface area contributed by atoms with Gasteiger partial charge in [-0.1, -0.05) is 60.7 Å². The van der Waals surface area contributed by atoms with E-state index in [2.05, 4.69) is 93.4 Å². The van der Waals surface area contributed by atoms with Crippen molar-refractivity contribution < 1.29 is 8.23 Å². The van der Waals surface area contributed by atoms with Crippen LogP contribution in [0, 0.1) is 0 Å². The summed E-state index contributed by atoms with van der Waals surface area (Å²) in [5, 5.41) is 2.58. The molecule has 0 aromatic heterocycles. The van der Waals surface area contributed by atoms with E-state index in [1.807, 2.05) is 0 Å². The molecule has 0 bridgehead atoms. The molecule has 0 aliphatic rings. The van der Waals surface area contributed by atoms with E-state index >= 15 is 0 Å². The van der Waals surface area contributed by atoms with Gasteiger partial charge in [0.25, 0.3) is 0 Å². The summed E-state index contributed by atoms with van der Waals surface area (Å²) in [5.74, 6) is 0. The second kappa shape index (κ2) is 8.77. The van der Waals surface area contributed by atoms with Gasteiger partial charge in [0, 0.05) is 0 Å². The van der Waals surface area contributed by atoms with Crippen LogP contribution in [-0.2, 0) is 8.23 Å². The SMILES string of the molecule is C[Si](C)(CCCN)O[Si](C)(C)O[Si](C)(c1ccccc1)c1ccccc1. The molecule has 2 rings (SSSR count). The van der Waals surface area contributed by atoms with Gasteiger partial charge in [-0.05, 0) is 62.1 Å². The zero-order valence-electron chi connectivity index (χ0n) is 16.8. The number of benzene rings is 2. The molecule has 2 aromatic rings. The van der Waals surface area contributed by atoms with Crippen molar-refractivity contribution >= 4 is 35.6 Å². The number of hydrogen-bond donors (Lipinski definition) is 1. The molecule has 0 saturated heterocycles. The third kappa shape index (κ3) is 5.73. The summed E-state index contributed by atoms with van der Waals surface area (Å²) in [6, 6.07) is 22.4. The van der Waals surface area contributed by atoms with Crippen LogP contribution in [0.1, 0.15) is 6.42 Å². The first-order valence-electron chi connectivity index (χ1n) is 9.40. The Morgan fingerprint density at radius 1 is 0.731 bits per heavy atom. The molecular weight excluding hydrogens is 370 g/mol. The van der Waals surface area contributed by atoms with Crippen LogP contribution in [0.15, 0.2) is 60.7 Å². The number of nitrogens with two attached hydrogens (primary N) is 1. The lowest BCUT2D eigenvalue weighted by Crippen LogP contribution is -2.64. The van der Waals surface area contributed by atoms with E-state index < -0.39 is 25.2 Å². The fraction of sp³-hybridized carbons (Fsp3) is 0.400. The molecule has 0 aliphatic heterocycles. The van der Waals surface area contributed by atoms with Gasteiger partial charge in [0.1, 0.15) is 0 Å². The molecule has 0 radical (unpaired) electrons. The summed E-state index contributed by atoms with van der Waals surface area (Å²) in [5.41, 5.74) is 5.71. The number of hydrogen-bond acceptors (Lipinski definition) is 3. The molecule has 26 heavy (non-hydrogen) atoms. The first kappa shape index (κ1) is 21.3. The first-order valence-corrected chi connectivity index (χ1v) is 17.7. The van der Waals surface area contributed by atoms with Crippen molar-refractivity contribution in [2.24, 2.45) is 5.73 Å². The average Bonchev–Trinajstić information content (AvgIpc) is 2.60. The summed E-state index contributed by atoms with van der Waals surface area (Å²) in [7, 11) is -6.42. The highest BCUT2D eigenvalue weighted by molar-refractivity contribution is 7.01. The largest absolute Gasteiger partial charge is 0.436 e. The van der Waals surface area contributed by atoms with Gasteiger partial charge in [0.05, 0.1) is 0 Å². The van der Waals surface area contributed by atoms with Crippen LogP contribution in [0.2, 0.25) is 38.8 Å². The second-order valence-corrected chi connectivity index (χ2v) is 19.7. The Morgan fingerprint density at radius 2 is 1.19 bits per heavy atom. The highest BCUT2D eigenvalue weighted by Crippen LogP contribution is 2.23. The maximum Gasteiger partial charge on any atom is 0.311 e. The molecule has 0 spiro atoms. The van der Waals surface area contributed by atoms with E-state index in [0.29, 0.717) is 0 Å². The molecular formula is C20H33NO2Si3. The Morgan fingerprint density at radius 3 is 1.62 bits per heavy atom. The quantitative estimate of drug-likeness (QED) is 0.650. The van der Waals surface area contributed by atoms with Gasteiger partial charge < -0.3 is 14.0 Å². The van der Waals surface area contributed by atoms with Crippen molar-refractivity contribution in [1.82, 2.24) is 0 Å². The van der Waals surface area contributed by atoms with E-state index in [4.69, 9.17) is 14.0 Å². The predicted octanol–water partition coefficient (Wildman–Crippen LogP) is 3.67. The van der Waals surface area contributed by atoms with E-state index in [0.717, 1.165) is 19.0 Å². The monoisotopic (exact) mass is 403 g/mol. The van der Waals surface area contributed by atoms with Crippen molar-refractivity contribution in [3.63, 3.8) is 0 Å². The molecule has 0 saturated carbocycles. The van der Waals surface area contributed by atoms with Gasteiger partial charge in [0.2, 0.25) is 8.32 Å². The molecule has 0 heterocycles. The molecule has 2 N–H and O–H groups in total. The van der Waals surface area contributed by atoms with Crippen LogP contribution in [0.5, 0.6) is 0 Å². The van der Waals surface area contributed by atoms with E-state index in [9.17, 15) is 0 Å². The fourth-order valence-corrected chi connectivity index (χ4v) is 17.7. The van der Waals surface area contributed by atoms with Gasteiger partial charge in [-0.2, -0.15) is 0 Å². The van der Waals surface area contributed by atoms with Crippen LogP contribution in [0.4, 0.5) is 0 Å².